The van der Waals surface area contributed by atoms with Crippen LogP contribution in [0.3, 0.4) is 0 Å². The largest absolute Gasteiger partial charge is 0.356 e. The fourth-order valence-corrected chi connectivity index (χ4v) is 5.14. The van der Waals surface area contributed by atoms with Crippen LogP contribution in [0.25, 0.3) is 0 Å². The van der Waals surface area contributed by atoms with Crippen molar-refractivity contribution >= 4 is 40.7 Å². The number of carbonyl (C=O) groups is 3. The zero-order valence-corrected chi connectivity index (χ0v) is 16.0. The number of carbonyl (C=O) groups excluding carboxylic acids is 3. The number of urea groups is 1. The van der Waals surface area contributed by atoms with E-state index in [-0.39, 0.29) is 29.9 Å². The zero-order valence-electron chi connectivity index (χ0n) is 14.3. The van der Waals surface area contributed by atoms with Crippen LogP contribution in [0.4, 0.5) is 4.79 Å². The van der Waals surface area contributed by atoms with Gasteiger partial charge in [-0.05, 0) is 25.4 Å². The molecular formula is C15H28N4O3S2. The number of hydrogen-bond acceptors (Lipinski definition) is 4. The molecule has 0 aromatic rings. The van der Waals surface area contributed by atoms with Crippen molar-refractivity contribution < 1.29 is 14.4 Å². The first-order valence-electron chi connectivity index (χ1n) is 8.38. The lowest BCUT2D eigenvalue weighted by atomic mass is 10.0. The Bertz CT molecular complexity index is 476. The predicted molar refractivity (Wildman–Crippen MR) is 101 cm³/mol. The van der Waals surface area contributed by atoms with Crippen LogP contribution in [0.1, 0.15) is 32.1 Å². The Kier molecular flexibility index (Phi) is 7.54. The van der Waals surface area contributed by atoms with Crippen molar-refractivity contribution in [3.05, 3.63) is 0 Å². The summed E-state index contributed by atoms with van der Waals surface area (Å²) in [5, 5.41) is 9.15. The molecule has 2 saturated heterocycles. The van der Waals surface area contributed by atoms with E-state index in [0.29, 0.717) is 24.6 Å². The molecule has 0 aliphatic carbocycles. The van der Waals surface area contributed by atoms with Crippen LogP contribution in [-0.2, 0) is 9.59 Å². The molecule has 0 radical (unpaired) electrons. The first-order chi connectivity index (χ1) is 11.5. The Morgan fingerprint density at radius 2 is 2.00 bits per heavy atom. The van der Waals surface area contributed by atoms with E-state index in [1.807, 2.05) is 24.3 Å². The molecule has 3 atom stereocenters. The van der Waals surface area contributed by atoms with Crippen molar-refractivity contribution in [2.45, 2.75) is 49.4 Å². The van der Waals surface area contributed by atoms with E-state index in [9.17, 15) is 14.4 Å². The fourth-order valence-electron chi connectivity index (χ4n) is 2.98. The number of thioether (sulfide) groups is 1. The maximum Gasteiger partial charge on any atom is 0.315 e. The Morgan fingerprint density at radius 3 is 2.75 bits per heavy atom. The van der Waals surface area contributed by atoms with Crippen LogP contribution >= 0.6 is 22.8 Å². The van der Waals surface area contributed by atoms with Gasteiger partial charge in [-0.25, -0.2) is 4.79 Å². The van der Waals surface area contributed by atoms with Gasteiger partial charge >= 0.3 is 6.03 Å². The molecule has 3 unspecified atom stereocenters. The third kappa shape index (κ3) is 6.08. The molecule has 2 fully saturated rings. The summed E-state index contributed by atoms with van der Waals surface area (Å²) in [6.45, 7) is 0.397. The highest BCUT2D eigenvalue weighted by molar-refractivity contribution is 8.14. The van der Waals surface area contributed by atoms with E-state index in [2.05, 4.69) is 20.7 Å². The first-order valence-corrected chi connectivity index (χ1v) is 11.7. The number of unbranched alkanes of at least 4 members (excludes halogenated alkanes) is 1. The van der Waals surface area contributed by atoms with Gasteiger partial charge in [0.2, 0.25) is 11.8 Å². The van der Waals surface area contributed by atoms with Crippen LogP contribution in [0.15, 0.2) is 0 Å². The molecule has 0 spiro atoms. The normalized spacial score (nSPS) is 25.5. The summed E-state index contributed by atoms with van der Waals surface area (Å²) >= 11 is 1.46. The molecule has 0 aromatic carbocycles. The van der Waals surface area contributed by atoms with Gasteiger partial charge in [0.15, 0.2) is 0 Å². The minimum absolute atomic E-state index is 0.00542. The highest BCUT2D eigenvalue weighted by Crippen LogP contribution is 2.33. The quantitative estimate of drug-likeness (QED) is 0.230. The fraction of sp³-hybridized carbons (Fsp3) is 0.800. The van der Waals surface area contributed by atoms with Crippen molar-refractivity contribution in [3.8, 4) is 0 Å². The molecule has 2 aliphatic heterocycles. The maximum absolute atomic E-state index is 11.8. The Balaban J connectivity index is 1.51. The molecule has 9 heteroatoms. The minimum Gasteiger partial charge on any atom is -0.356 e. The SMILES string of the molecule is C[SH](C)NC(=O)CCNC(=O)CCCCC1SCC2NC(=O)NC21. The van der Waals surface area contributed by atoms with Gasteiger partial charge in [0.25, 0.3) is 0 Å². The van der Waals surface area contributed by atoms with E-state index in [4.69, 9.17) is 0 Å². The molecule has 0 saturated carbocycles. The van der Waals surface area contributed by atoms with Crippen molar-refractivity contribution in [1.82, 2.24) is 20.7 Å². The molecule has 2 rings (SSSR count). The van der Waals surface area contributed by atoms with E-state index < -0.39 is 11.1 Å². The summed E-state index contributed by atoms with van der Waals surface area (Å²) in [6, 6.07) is 0.434. The van der Waals surface area contributed by atoms with Gasteiger partial charge in [0.05, 0.1) is 12.1 Å². The lowest BCUT2D eigenvalue weighted by Gasteiger charge is -2.16. The van der Waals surface area contributed by atoms with Gasteiger partial charge in [-0.15, -0.1) is 0 Å². The number of thiol groups is 1. The number of amides is 4. The van der Waals surface area contributed by atoms with Crippen molar-refractivity contribution in [2.75, 3.05) is 24.8 Å². The number of rotatable bonds is 9. The van der Waals surface area contributed by atoms with Gasteiger partial charge in [-0.3, -0.25) is 9.59 Å². The van der Waals surface area contributed by atoms with Gasteiger partial charge in [-0.1, -0.05) is 6.42 Å². The standard InChI is InChI=1S/C15H28N4O3S2/c1-24(2)19-13(21)7-8-16-12(20)6-4-3-5-11-14-10(9-23-11)17-15(22)18-14/h10-11,14,24H,3-9H2,1-2H3,(H,16,20)(H,19,21)(H2,17,18,22). The molecule has 0 aromatic heterocycles. The average molecular weight is 377 g/mol. The molecule has 2 aliphatic rings. The smallest absolute Gasteiger partial charge is 0.315 e. The van der Waals surface area contributed by atoms with Crippen molar-refractivity contribution in [2.24, 2.45) is 0 Å². The van der Waals surface area contributed by atoms with Gasteiger partial charge in [0.1, 0.15) is 0 Å². The lowest BCUT2D eigenvalue weighted by Crippen LogP contribution is -2.36. The molecule has 4 amide bonds. The third-order valence-corrected chi connectivity index (χ3v) is 6.31. The summed E-state index contributed by atoms with van der Waals surface area (Å²) < 4.78 is 2.86. The first kappa shape index (κ1) is 19.2. The molecule has 24 heavy (non-hydrogen) atoms. The monoisotopic (exact) mass is 376 g/mol. The topological polar surface area (TPSA) is 99.3 Å². The molecule has 4 N–H and O–H groups in total. The maximum atomic E-state index is 11.8. The second-order valence-electron chi connectivity index (χ2n) is 6.40. The van der Waals surface area contributed by atoms with Gasteiger partial charge in [-0.2, -0.15) is 22.8 Å². The van der Waals surface area contributed by atoms with Gasteiger partial charge in [0, 0.05) is 30.4 Å². The van der Waals surface area contributed by atoms with E-state index in [1.54, 1.807) is 0 Å². The van der Waals surface area contributed by atoms with Crippen LogP contribution in [-0.4, -0.2) is 60.0 Å². The number of hydrogen-bond donors (Lipinski definition) is 5. The second kappa shape index (κ2) is 9.41. The van der Waals surface area contributed by atoms with Crippen LogP contribution in [0, 0.1) is 0 Å². The van der Waals surface area contributed by atoms with Crippen LogP contribution in [0.5, 0.6) is 0 Å². The van der Waals surface area contributed by atoms with Crippen molar-refractivity contribution in [1.29, 1.82) is 0 Å². The highest BCUT2D eigenvalue weighted by atomic mass is 32.2. The summed E-state index contributed by atoms with van der Waals surface area (Å²) in [5.41, 5.74) is 0. The molecule has 0 bridgehead atoms. The highest BCUT2D eigenvalue weighted by Gasteiger charge is 2.42. The summed E-state index contributed by atoms with van der Waals surface area (Å²) in [6.07, 6.45) is 7.60. The van der Waals surface area contributed by atoms with Gasteiger partial charge < -0.3 is 20.7 Å². The molecule has 2 heterocycles. The molecule has 7 nitrogen and oxygen atoms in total. The number of fused-ring (bicyclic) bond motifs is 1. The summed E-state index contributed by atoms with van der Waals surface area (Å²) in [7, 11) is 0. The second-order valence-corrected chi connectivity index (χ2v) is 9.68. The van der Waals surface area contributed by atoms with E-state index in [0.717, 1.165) is 25.0 Å². The zero-order chi connectivity index (χ0) is 17.5. The number of nitrogens with one attached hydrogen (secondary N) is 4. The average Bonchev–Trinajstić information content (AvgIpc) is 3.02. The predicted octanol–water partition coefficient (Wildman–Crippen LogP) is 0.511. The van der Waals surface area contributed by atoms with Crippen LogP contribution in [0.2, 0.25) is 0 Å². The Labute approximate surface area is 150 Å². The van der Waals surface area contributed by atoms with E-state index >= 15 is 0 Å². The molecule has 138 valence electrons. The Morgan fingerprint density at radius 1 is 1.21 bits per heavy atom. The molecular weight excluding hydrogens is 348 g/mol. The lowest BCUT2D eigenvalue weighted by molar-refractivity contribution is -0.121. The van der Waals surface area contributed by atoms with Crippen molar-refractivity contribution in [3.63, 3.8) is 0 Å². The minimum atomic E-state index is -0.440. The Hall–Kier alpha value is -1.09. The van der Waals surface area contributed by atoms with Crippen LogP contribution < -0.4 is 20.7 Å². The van der Waals surface area contributed by atoms with E-state index in [1.165, 1.54) is 0 Å². The summed E-state index contributed by atoms with van der Waals surface area (Å²) in [5.74, 6) is 0.964. The third-order valence-electron chi connectivity index (χ3n) is 4.10. The summed E-state index contributed by atoms with van der Waals surface area (Å²) in [4.78, 5) is 34.5.